The van der Waals surface area contributed by atoms with Crippen molar-refractivity contribution in [2.24, 2.45) is 28.6 Å². The molecule has 4 heterocycles. The largest absolute Gasteiger partial charge is 0.458 e. The SMILES string of the molecule is CO[C@H]1C[C@H](O[C@H]2CC[C@]3(C=O)[C@H]4CC[C@]5(C)C(C6=CC(=O)OC6)CC[C@]5(O)[C@@H]4CC[C@]3(O)C2)O[C@H](C)[C@H]1O[C@@H]1O[C@H](CO[C@@H]2O[C@H](CO)[C@@H](O)[C@H](O)[C@H]2O)[C@@H](O)[C@H](O)[C@H]1O. The van der Waals surface area contributed by atoms with E-state index in [1.807, 2.05) is 0 Å². The Morgan fingerprint density at radius 3 is 2.18 bits per heavy atom. The zero-order chi connectivity index (χ0) is 43.8. The first kappa shape index (κ1) is 45.8. The minimum atomic E-state index is -1.75. The second-order valence-electron chi connectivity index (χ2n) is 19.2. The summed E-state index contributed by atoms with van der Waals surface area (Å²) in [6.45, 7) is 2.86. The fourth-order valence-corrected chi connectivity index (χ4v) is 12.9. The van der Waals surface area contributed by atoms with Gasteiger partial charge in [-0.2, -0.15) is 0 Å². The lowest BCUT2D eigenvalue weighted by molar-refractivity contribution is -0.355. The van der Waals surface area contributed by atoms with Crippen LogP contribution >= 0.6 is 0 Å². The van der Waals surface area contributed by atoms with Crippen LogP contribution in [0.5, 0.6) is 0 Å². The average molecular weight is 873 g/mol. The predicted molar refractivity (Wildman–Crippen MR) is 203 cm³/mol. The van der Waals surface area contributed by atoms with Crippen LogP contribution in [0, 0.1) is 28.6 Å². The van der Waals surface area contributed by atoms with Crippen LogP contribution in [0.3, 0.4) is 0 Å². The Morgan fingerprint density at radius 2 is 1.51 bits per heavy atom. The van der Waals surface area contributed by atoms with Gasteiger partial charge in [0.1, 0.15) is 67.8 Å². The molecule has 0 bridgehead atoms. The van der Waals surface area contributed by atoms with E-state index in [1.54, 1.807) is 13.0 Å². The Labute approximate surface area is 353 Å². The molecule has 346 valence electrons. The van der Waals surface area contributed by atoms with Crippen molar-refractivity contribution in [2.45, 2.75) is 181 Å². The molecule has 8 rings (SSSR count). The molecule has 8 aliphatic rings. The van der Waals surface area contributed by atoms with Crippen molar-refractivity contribution in [2.75, 3.05) is 26.9 Å². The maximum absolute atomic E-state index is 13.3. The van der Waals surface area contributed by atoms with E-state index in [2.05, 4.69) is 6.92 Å². The van der Waals surface area contributed by atoms with Crippen molar-refractivity contribution < 1.29 is 93.4 Å². The second kappa shape index (κ2) is 17.2. The highest BCUT2D eigenvalue weighted by atomic mass is 16.8. The van der Waals surface area contributed by atoms with E-state index in [-0.39, 0.29) is 43.2 Å². The zero-order valence-corrected chi connectivity index (χ0v) is 34.8. The lowest BCUT2D eigenvalue weighted by Crippen LogP contribution is -2.69. The Morgan fingerprint density at radius 1 is 0.820 bits per heavy atom. The summed E-state index contributed by atoms with van der Waals surface area (Å²) in [7, 11) is 1.47. The molecule has 3 saturated heterocycles. The van der Waals surface area contributed by atoms with Crippen molar-refractivity contribution in [3.63, 3.8) is 0 Å². The molecule has 0 aromatic carbocycles. The number of hydrogen-bond donors (Lipinski definition) is 9. The summed E-state index contributed by atoms with van der Waals surface area (Å²) in [4.78, 5) is 25.3. The number of aliphatic hydroxyl groups excluding tert-OH is 7. The molecule has 1 unspecified atom stereocenters. The third-order valence-electron chi connectivity index (χ3n) is 16.3. The topological polar surface area (TPSA) is 290 Å². The summed E-state index contributed by atoms with van der Waals surface area (Å²) >= 11 is 0. The Hall–Kier alpha value is -1.76. The maximum atomic E-state index is 13.3. The zero-order valence-electron chi connectivity index (χ0n) is 34.8. The van der Waals surface area contributed by atoms with Crippen LogP contribution in [0.2, 0.25) is 0 Å². The number of carbonyl (C=O) groups is 2. The molecule has 9 N–H and O–H groups in total. The first-order valence-electron chi connectivity index (χ1n) is 21.8. The summed E-state index contributed by atoms with van der Waals surface area (Å²) in [5, 5.41) is 97.4. The van der Waals surface area contributed by atoms with Crippen molar-refractivity contribution in [3.05, 3.63) is 11.6 Å². The molecule has 22 atom stereocenters. The number of methoxy groups -OCH3 is 1. The highest BCUT2D eigenvalue weighted by Gasteiger charge is 2.71. The smallest absolute Gasteiger partial charge is 0.331 e. The van der Waals surface area contributed by atoms with Crippen LogP contribution in [0.25, 0.3) is 0 Å². The van der Waals surface area contributed by atoms with Crippen molar-refractivity contribution in [1.29, 1.82) is 0 Å². The van der Waals surface area contributed by atoms with E-state index in [4.69, 9.17) is 37.9 Å². The molecular formula is C42H64O19. The number of hydrogen-bond acceptors (Lipinski definition) is 19. The fourth-order valence-electron chi connectivity index (χ4n) is 12.9. The van der Waals surface area contributed by atoms with Gasteiger partial charge in [-0.1, -0.05) is 6.92 Å². The minimum absolute atomic E-state index is 0.00485. The number of rotatable bonds is 11. The van der Waals surface area contributed by atoms with Crippen molar-refractivity contribution in [1.82, 2.24) is 0 Å². The minimum Gasteiger partial charge on any atom is -0.458 e. The molecule has 0 radical (unpaired) electrons. The van der Waals surface area contributed by atoms with Gasteiger partial charge in [-0.25, -0.2) is 4.79 Å². The lowest BCUT2D eigenvalue weighted by atomic mass is 9.41. The highest BCUT2D eigenvalue weighted by Crippen LogP contribution is 2.70. The molecule has 4 aliphatic carbocycles. The molecule has 19 nitrogen and oxygen atoms in total. The van der Waals surface area contributed by atoms with E-state index < -0.39 is 127 Å². The molecule has 0 aromatic heterocycles. The molecule has 4 saturated carbocycles. The highest BCUT2D eigenvalue weighted by molar-refractivity contribution is 5.85. The van der Waals surface area contributed by atoms with Gasteiger partial charge in [-0.05, 0) is 81.6 Å². The third-order valence-corrected chi connectivity index (χ3v) is 16.3. The van der Waals surface area contributed by atoms with Crippen LogP contribution in [0.15, 0.2) is 11.6 Å². The van der Waals surface area contributed by atoms with Gasteiger partial charge in [-0.15, -0.1) is 0 Å². The van der Waals surface area contributed by atoms with Gasteiger partial charge in [0.05, 0.1) is 48.1 Å². The molecule has 0 aromatic rings. The van der Waals surface area contributed by atoms with E-state index in [0.717, 1.165) is 18.3 Å². The molecule has 19 heteroatoms. The number of fused-ring (bicyclic) bond motifs is 5. The number of ether oxygens (including phenoxy) is 8. The average Bonchev–Trinajstić information content (AvgIpc) is 3.79. The van der Waals surface area contributed by atoms with Crippen LogP contribution < -0.4 is 0 Å². The number of cyclic esters (lactones) is 1. The number of esters is 1. The summed E-state index contributed by atoms with van der Waals surface area (Å²) in [5.74, 6) is -0.767. The van der Waals surface area contributed by atoms with Crippen LogP contribution in [0.4, 0.5) is 0 Å². The van der Waals surface area contributed by atoms with Gasteiger partial charge < -0.3 is 88.6 Å². The van der Waals surface area contributed by atoms with Crippen LogP contribution in [-0.2, 0) is 47.5 Å². The normalized spacial score (nSPS) is 53.6. The summed E-state index contributed by atoms with van der Waals surface area (Å²) < 4.78 is 46.7. The monoisotopic (exact) mass is 872 g/mol. The summed E-state index contributed by atoms with van der Waals surface area (Å²) in [5.41, 5.74) is -3.06. The number of aliphatic hydroxyl groups is 9. The first-order chi connectivity index (χ1) is 28.9. The standard InChI is InChI=1S/C42H64O19/c1-19-36(61-38-35(51)33(49)31(47)27(60-38)17-56-37-34(50)32(48)30(46)26(15-43)59-37)25(54-3)13-29(57-19)58-21-4-9-40(18-44)23-5-8-39(2)22(20-12-28(45)55-16-20)7-11-42(39,53)24(23)6-10-41(40,52)14-21/h12,18-19,21-27,29-38,43,46-53H,4-11,13-17H2,1-3H3/t19-,21+,22?,23+,24-,25+,26-,27-,29+,30-,31-,32+,33+,34-,35-,36-,37-,38+,39-,40+,41+,42+/m1/s1. The molecule has 4 aliphatic heterocycles. The van der Waals surface area contributed by atoms with Gasteiger partial charge >= 0.3 is 5.97 Å². The fraction of sp³-hybridized carbons (Fsp3) is 0.905. The van der Waals surface area contributed by atoms with Gasteiger partial charge in [0, 0.05) is 31.4 Å². The molecule has 61 heavy (non-hydrogen) atoms. The van der Waals surface area contributed by atoms with E-state index in [0.29, 0.717) is 44.9 Å². The summed E-state index contributed by atoms with van der Waals surface area (Å²) in [6, 6.07) is 0. The van der Waals surface area contributed by atoms with Crippen LogP contribution in [-0.4, -0.2) is 188 Å². The molecular weight excluding hydrogens is 808 g/mol. The second-order valence-corrected chi connectivity index (χ2v) is 19.2. The van der Waals surface area contributed by atoms with Gasteiger partial charge in [0.2, 0.25) is 0 Å². The lowest BCUT2D eigenvalue weighted by Gasteiger charge is -2.65. The summed E-state index contributed by atoms with van der Waals surface area (Å²) in [6.07, 6.45) is -12.2. The molecule has 0 amide bonds. The molecule has 7 fully saturated rings. The van der Waals surface area contributed by atoms with Gasteiger partial charge in [0.15, 0.2) is 18.9 Å². The van der Waals surface area contributed by atoms with Crippen molar-refractivity contribution in [3.8, 4) is 0 Å². The Kier molecular flexibility index (Phi) is 12.9. The predicted octanol–water partition coefficient (Wildman–Crippen LogP) is -1.92. The number of carbonyl (C=O) groups excluding carboxylic acids is 2. The van der Waals surface area contributed by atoms with E-state index >= 15 is 0 Å². The first-order valence-corrected chi connectivity index (χ1v) is 21.8. The van der Waals surface area contributed by atoms with Crippen molar-refractivity contribution >= 4 is 12.3 Å². The number of aldehydes is 1. The quantitative estimate of drug-likeness (QED) is 0.0622. The molecule has 0 spiro atoms. The third kappa shape index (κ3) is 7.55. The van der Waals surface area contributed by atoms with E-state index in [9.17, 15) is 55.5 Å². The van der Waals surface area contributed by atoms with Gasteiger partial charge in [-0.3, -0.25) is 0 Å². The Balaban J connectivity index is 0.886. The maximum Gasteiger partial charge on any atom is 0.331 e. The van der Waals surface area contributed by atoms with E-state index in [1.165, 1.54) is 7.11 Å². The van der Waals surface area contributed by atoms with Gasteiger partial charge in [0.25, 0.3) is 0 Å². The van der Waals surface area contributed by atoms with Crippen LogP contribution in [0.1, 0.15) is 78.1 Å². The Bertz CT molecular complexity index is 1630.